The van der Waals surface area contributed by atoms with Crippen molar-refractivity contribution in [2.24, 2.45) is 11.7 Å². The molecule has 1 aliphatic rings. The van der Waals surface area contributed by atoms with Gasteiger partial charge < -0.3 is 11.1 Å². The smallest absolute Gasteiger partial charge is 0.229 e. The third kappa shape index (κ3) is 3.47. The first-order chi connectivity index (χ1) is 8.20. The summed E-state index contributed by atoms with van der Waals surface area (Å²) >= 11 is 0. The first-order valence-electron chi connectivity index (χ1n) is 6.36. The van der Waals surface area contributed by atoms with Crippen LogP contribution in [0.2, 0.25) is 0 Å². The SMILES string of the molecule is CCc1cccc(NC(=O)C2CCCC2N)c1.Cl. The highest BCUT2D eigenvalue weighted by Crippen LogP contribution is 2.25. The average molecular weight is 269 g/mol. The Bertz CT molecular complexity index is 409. The summed E-state index contributed by atoms with van der Waals surface area (Å²) in [5, 5.41) is 2.97. The van der Waals surface area contributed by atoms with Crippen LogP contribution in [0.25, 0.3) is 0 Å². The maximum atomic E-state index is 12.0. The van der Waals surface area contributed by atoms with Crippen LogP contribution in [-0.4, -0.2) is 11.9 Å². The summed E-state index contributed by atoms with van der Waals surface area (Å²) in [6.45, 7) is 2.10. The lowest BCUT2D eigenvalue weighted by Gasteiger charge is -2.15. The minimum Gasteiger partial charge on any atom is -0.327 e. The molecule has 0 bridgehead atoms. The van der Waals surface area contributed by atoms with Crippen LogP contribution < -0.4 is 11.1 Å². The molecule has 0 aliphatic heterocycles. The lowest BCUT2D eigenvalue weighted by Crippen LogP contribution is -2.34. The van der Waals surface area contributed by atoms with E-state index in [2.05, 4.69) is 18.3 Å². The van der Waals surface area contributed by atoms with Crippen LogP contribution in [-0.2, 0) is 11.2 Å². The van der Waals surface area contributed by atoms with Gasteiger partial charge in [-0.3, -0.25) is 4.79 Å². The van der Waals surface area contributed by atoms with Crippen molar-refractivity contribution in [1.29, 1.82) is 0 Å². The monoisotopic (exact) mass is 268 g/mol. The van der Waals surface area contributed by atoms with E-state index in [9.17, 15) is 4.79 Å². The molecule has 2 atom stereocenters. The van der Waals surface area contributed by atoms with Gasteiger partial charge in [0.2, 0.25) is 5.91 Å². The Morgan fingerprint density at radius 1 is 1.44 bits per heavy atom. The van der Waals surface area contributed by atoms with Gasteiger partial charge in [0.15, 0.2) is 0 Å². The van der Waals surface area contributed by atoms with Gasteiger partial charge in [-0.15, -0.1) is 12.4 Å². The zero-order chi connectivity index (χ0) is 12.3. The first kappa shape index (κ1) is 15.0. The van der Waals surface area contributed by atoms with Crippen LogP contribution in [0.3, 0.4) is 0 Å². The Kier molecular flexibility index (Phi) is 5.63. The molecule has 1 aliphatic carbocycles. The molecular weight excluding hydrogens is 248 g/mol. The van der Waals surface area contributed by atoms with E-state index in [1.807, 2.05) is 18.2 Å². The zero-order valence-corrected chi connectivity index (χ0v) is 11.5. The summed E-state index contributed by atoms with van der Waals surface area (Å²) in [4.78, 5) is 12.0. The molecule has 0 radical (unpaired) electrons. The molecule has 1 saturated carbocycles. The number of benzene rings is 1. The number of halogens is 1. The summed E-state index contributed by atoms with van der Waals surface area (Å²) in [5.74, 6) is 0.0588. The highest BCUT2D eigenvalue weighted by Gasteiger charge is 2.30. The number of rotatable bonds is 3. The molecule has 18 heavy (non-hydrogen) atoms. The van der Waals surface area contributed by atoms with Crippen LogP contribution in [0.1, 0.15) is 31.7 Å². The lowest BCUT2D eigenvalue weighted by atomic mass is 10.0. The van der Waals surface area contributed by atoms with Crippen LogP contribution in [0.15, 0.2) is 24.3 Å². The van der Waals surface area contributed by atoms with Gasteiger partial charge in [-0.25, -0.2) is 0 Å². The van der Waals surface area contributed by atoms with E-state index in [-0.39, 0.29) is 30.3 Å². The fourth-order valence-electron chi connectivity index (χ4n) is 2.42. The maximum absolute atomic E-state index is 12.0. The number of aryl methyl sites for hydroxylation is 1. The molecule has 1 fully saturated rings. The summed E-state index contributed by atoms with van der Waals surface area (Å²) in [7, 11) is 0. The molecular formula is C14H21ClN2O. The van der Waals surface area contributed by atoms with Gasteiger partial charge in [-0.2, -0.15) is 0 Å². The van der Waals surface area contributed by atoms with Gasteiger partial charge in [0.25, 0.3) is 0 Å². The van der Waals surface area contributed by atoms with Crippen LogP contribution >= 0.6 is 12.4 Å². The second-order valence-corrected chi connectivity index (χ2v) is 4.74. The fraction of sp³-hybridized carbons (Fsp3) is 0.500. The van der Waals surface area contributed by atoms with Crippen molar-refractivity contribution in [2.75, 3.05) is 5.32 Å². The molecule has 1 aromatic carbocycles. The molecule has 2 unspecified atom stereocenters. The second kappa shape index (κ2) is 6.76. The van der Waals surface area contributed by atoms with E-state index in [0.29, 0.717) is 0 Å². The van der Waals surface area contributed by atoms with Gasteiger partial charge >= 0.3 is 0 Å². The van der Waals surface area contributed by atoms with Gasteiger partial charge in [0.05, 0.1) is 5.92 Å². The van der Waals surface area contributed by atoms with Crippen molar-refractivity contribution < 1.29 is 4.79 Å². The second-order valence-electron chi connectivity index (χ2n) is 4.74. The highest BCUT2D eigenvalue weighted by atomic mass is 35.5. The van der Waals surface area contributed by atoms with E-state index >= 15 is 0 Å². The lowest BCUT2D eigenvalue weighted by molar-refractivity contribution is -0.120. The van der Waals surface area contributed by atoms with Crippen molar-refractivity contribution in [3.05, 3.63) is 29.8 Å². The third-order valence-electron chi connectivity index (χ3n) is 3.51. The third-order valence-corrected chi connectivity index (χ3v) is 3.51. The van der Waals surface area contributed by atoms with E-state index in [1.54, 1.807) is 0 Å². The Balaban J connectivity index is 0.00000162. The van der Waals surface area contributed by atoms with Crippen LogP contribution in [0.5, 0.6) is 0 Å². The van der Waals surface area contributed by atoms with Gasteiger partial charge in [0, 0.05) is 11.7 Å². The summed E-state index contributed by atoms with van der Waals surface area (Å²) < 4.78 is 0. The topological polar surface area (TPSA) is 55.1 Å². The van der Waals surface area contributed by atoms with Gasteiger partial charge in [-0.1, -0.05) is 25.5 Å². The zero-order valence-electron chi connectivity index (χ0n) is 10.7. The predicted molar refractivity (Wildman–Crippen MR) is 77.0 cm³/mol. The van der Waals surface area contributed by atoms with E-state index < -0.39 is 0 Å². The molecule has 0 saturated heterocycles. The van der Waals surface area contributed by atoms with Crippen LogP contribution in [0, 0.1) is 5.92 Å². The molecule has 3 nitrogen and oxygen atoms in total. The number of hydrogen-bond donors (Lipinski definition) is 2. The number of anilines is 1. The largest absolute Gasteiger partial charge is 0.327 e. The summed E-state index contributed by atoms with van der Waals surface area (Å²) in [6, 6.07) is 8.03. The minimum atomic E-state index is -0.0136. The van der Waals surface area contributed by atoms with E-state index in [4.69, 9.17) is 5.73 Å². The summed E-state index contributed by atoms with van der Waals surface area (Å²) in [5.41, 5.74) is 8.05. The normalized spacial score (nSPS) is 22.3. The number of carbonyl (C=O) groups is 1. The molecule has 0 heterocycles. The van der Waals surface area contributed by atoms with Crippen molar-refractivity contribution in [3.63, 3.8) is 0 Å². The Morgan fingerprint density at radius 3 is 2.83 bits per heavy atom. The number of nitrogens with one attached hydrogen (secondary N) is 1. The number of carbonyl (C=O) groups excluding carboxylic acids is 1. The highest BCUT2D eigenvalue weighted by molar-refractivity contribution is 5.93. The van der Waals surface area contributed by atoms with Gasteiger partial charge in [-0.05, 0) is 37.0 Å². The maximum Gasteiger partial charge on any atom is 0.229 e. The molecule has 4 heteroatoms. The average Bonchev–Trinajstić information content (AvgIpc) is 2.76. The predicted octanol–water partition coefficient (Wildman–Crippen LogP) is 2.74. The van der Waals surface area contributed by atoms with E-state index in [0.717, 1.165) is 31.4 Å². The van der Waals surface area contributed by atoms with Crippen LogP contribution in [0.4, 0.5) is 5.69 Å². The molecule has 1 aromatic rings. The molecule has 1 amide bonds. The molecule has 2 rings (SSSR count). The fourth-order valence-corrected chi connectivity index (χ4v) is 2.42. The number of amides is 1. The van der Waals surface area contributed by atoms with Crippen molar-refractivity contribution >= 4 is 24.0 Å². The number of hydrogen-bond acceptors (Lipinski definition) is 2. The Morgan fingerprint density at radius 2 is 2.22 bits per heavy atom. The molecule has 3 N–H and O–H groups in total. The van der Waals surface area contributed by atoms with E-state index in [1.165, 1.54) is 5.56 Å². The van der Waals surface area contributed by atoms with Crippen molar-refractivity contribution in [2.45, 2.75) is 38.6 Å². The minimum absolute atomic E-state index is 0. The quantitative estimate of drug-likeness (QED) is 0.886. The van der Waals surface area contributed by atoms with Crippen molar-refractivity contribution in [3.8, 4) is 0 Å². The standard InChI is InChI=1S/C14H20N2O.ClH/c1-2-10-5-3-6-11(9-10)16-14(17)12-7-4-8-13(12)15;/h3,5-6,9,12-13H,2,4,7-8,15H2,1H3,(H,16,17);1H. The molecule has 0 spiro atoms. The Hall–Kier alpha value is -1.06. The number of nitrogens with two attached hydrogens (primary N) is 1. The summed E-state index contributed by atoms with van der Waals surface area (Å²) in [6.07, 6.45) is 3.93. The molecule has 100 valence electrons. The van der Waals surface area contributed by atoms with Crippen molar-refractivity contribution in [1.82, 2.24) is 0 Å². The Labute approximate surface area is 115 Å². The first-order valence-corrected chi connectivity index (χ1v) is 6.36. The molecule has 0 aromatic heterocycles. The van der Waals surface area contributed by atoms with Gasteiger partial charge in [0.1, 0.15) is 0 Å².